The van der Waals surface area contributed by atoms with E-state index < -0.39 is 61.5 Å². The van der Waals surface area contributed by atoms with Crippen molar-refractivity contribution in [2.75, 3.05) is 6.54 Å². The number of hydrogen-bond donors (Lipinski definition) is 9. The number of aryl methyl sites for hydroxylation is 1. The summed E-state index contributed by atoms with van der Waals surface area (Å²) in [6.07, 6.45) is 2.47. The van der Waals surface area contributed by atoms with Crippen molar-refractivity contribution in [2.45, 2.75) is 101 Å². The average molecular weight is 647 g/mol. The van der Waals surface area contributed by atoms with Gasteiger partial charge in [0.05, 0.1) is 5.54 Å². The van der Waals surface area contributed by atoms with Crippen molar-refractivity contribution in [2.24, 2.45) is 17.3 Å². The molecular weight excluding hydrogens is 602 g/mol. The number of amides is 2. The summed E-state index contributed by atoms with van der Waals surface area (Å²) < 4.78 is 23.0. The number of benzene rings is 1. The number of fused-ring (bicyclic) bond motifs is 5. The van der Waals surface area contributed by atoms with Gasteiger partial charge in [-0.1, -0.05) is 13.0 Å². The SMILES string of the molecule is CC(C)(CNC(=O)CCCC(O)(P(=O)(O)O)P(=O)(O)O)NC(=O)[C@@]1(O)CCC2C3CCc4cc(O)ccc4C3CC[C@@]21C. The van der Waals surface area contributed by atoms with Crippen molar-refractivity contribution in [3.63, 3.8) is 0 Å². The number of carbonyl (C=O) groups is 2. The Hall–Kier alpha value is -1.82. The molecule has 0 aromatic heterocycles. The second kappa shape index (κ2) is 11.5. The molecule has 5 atom stereocenters. The van der Waals surface area contributed by atoms with Gasteiger partial charge in [-0.05, 0) is 99.8 Å². The Bertz CT molecular complexity index is 1340. The van der Waals surface area contributed by atoms with E-state index in [0.29, 0.717) is 31.1 Å². The molecule has 13 nitrogen and oxygen atoms in total. The van der Waals surface area contributed by atoms with Crippen molar-refractivity contribution in [3.8, 4) is 5.75 Å². The van der Waals surface area contributed by atoms with Gasteiger partial charge in [0.25, 0.3) is 11.0 Å². The van der Waals surface area contributed by atoms with Crippen molar-refractivity contribution >= 4 is 27.0 Å². The number of aliphatic hydroxyl groups is 2. The zero-order valence-electron chi connectivity index (χ0n) is 24.7. The third-order valence-electron chi connectivity index (χ3n) is 10.3. The van der Waals surface area contributed by atoms with Gasteiger partial charge in [0.2, 0.25) is 5.91 Å². The summed E-state index contributed by atoms with van der Waals surface area (Å²) in [4.78, 5) is 63.0. The fourth-order valence-corrected chi connectivity index (χ4v) is 10.0. The van der Waals surface area contributed by atoms with Crippen LogP contribution in [0.4, 0.5) is 0 Å². The van der Waals surface area contributed by atoms with Gasteiger partial charge in [-0.2, -0.15) is 0 Å². The predicted octanol–water partition coefficient (Wildman–Crippen LogP) is 2.16. The highest BCUT2D eigenvalue weighted by Gasteiger charge is 2.65. The number of rotatable bonds is 10. The molecule has 3 aliphatic rings. The summed E-state index contributed by atoms with van der Waals surface area (Å²) in [5.74, 6) is -0.0820. The molecule has 9 N–H and O–H groups in total. The number of aromatic hydroxyl groups is 1. The van der Waals surface area contributed by atoms with Crippen LogP contribution in [-0.2, 0) is 25.1 Å². The third kappa shape index (κ3) is 6.20. The molecule has 4 rings (SSSR count). The molecule has 0 saturated heterocycles. The first-order valence-electron chi connectivity index (χ1n) is 14.6. The summed E-state index contributed by atoms with van der Waals surface area (Å²) in [7, 11) is -11.2. The Balaban J connectivity index is 1.35. The minimum absolute atomic E-state index is 0.0522. The van der Waals surface area contributed by atoms with Crippen LogP contribution in [0.1, 0.15) is 89.2 Å². The van der Waals surface area contributed by atoms with E-state index in [0.717, 1.165) is 19.3 Å². The molecule has 2 amide bonds. The molecular formula is C28H44N2O11P2. The predicted molar refractivity (Wildman–Crippen MR) is 156 cm³/mol. The molecule has 0 spiro atoms. The standard InChI is InChI=1S/C28H44N2O11P2/c1-25(2,16-29-23(32)5-4-12-28(35,42(36,37)38)43(39,40)41)30-24(33)27(34)14-11-22-21-8-6-17-15-18(31)7-9-19(17)20(21)10-13-26(22,27)3/h7,9,15,20-22,31,34-35H,4-6,8,10-14,16H2,1-3H3,(H,29,32)(H,30,33)(H2,36,37,38)(H2,39,40,41)/t20?,21?,22?,26-,27-/m0/s1. The Morgan fingerprint density at radius 3 is 2.33 bits per heavy atom. The van der Waals surface area contributed by atoms with Crippen LogP contribution in [0.5, 0.6) is 5.75 Å². The number of phenolic OH excluding ortho intramolecular Hbond substituents is 1. The molecule has 0 heterocycles. The van der Waals surface area contributed by atoms with E-state index in [1.54, 1.807) is 19.9 Å². The van der Waals surface area contributed by atoms with Crippen LogP contribution in [0, 0.1) is 17.3 Å². The lowest BCUT2D eigenvalue weighted by molar-refractivity contribution is -0.161. The van der Waals surface area contributed by atoms with Crippen LogP contribution in [0.2, 0.25) is 0 Å². The maximum Gasteiger partial charge on any atom is 0.369 e. The minimum atomic E-state index is -5.60. The summed E-state index contributed by atoms with van der Waals surface area (Å²) in [5, 5.41) is 33.7. The van der Waals surface area contributed by atoms with Gasteiger partial charge in [-0.25, -0.2) is 0 Å². The third-order valence-corrected chi connectivity index (χ3v) is 14.1. The van der Waals surface area contributed by atoms with Gasteiger partial charge in [0.15, 0.2) is 0 Å². The molecule has 15 heteroatoms. The Morgan fingerprint density at radius 2 is 1.70 bits per heavy atom. The lowest BCUT2D eigenvalue weighted by Crippen LogP contribution is -2.63. The molecule has 43 heavy (non-hydrogen) atoms. The topological polar surface area (TPSA) is 234 Å². The van der Waals surface area contributed by atoms with Crippen LogP contribution in [0.3, 0.4) is 0 Å². The highest BCUT2D eigenvalue weighted by Crippen LogP contribution is 2.69. The van der Waals surface area contributed by atoms with Crippen LogP contribution >= 0.6 is 15.2 Å². The molecule has 1 aromatic carbocycles. The van der Waals surface area contributed by atoms with E-state index in [9.17, 15) is 53.6 Å². The van der Waals surface area contributed by atoms with E-state index >= 15 is 0 Å². The van der Waals surface area contributed by atoms with E-state index in [2.05, 4.69) is 10.6 Å². The minimum Gasteiger partial charge on any atom is -0.508 e. The molecule has 242 valence electrons. The summed E-state index contributed by atoms with van der Waals surface area (Å²) in [5.41, 5.74) is -0.812. The van der Waals surface area contributed by atoms with E-state index in [-0.39, 0.29) is 24.6 Å². The van der Waals surface area contributed by atoms with Crippen LogP contribution in [0.15, 0.2) is 18.2 Å². The Labute approximate surface area is 250 Å². The number of hydrogen-bond acceptors (Lipinski definition) is 7. The zero-order chi connectivity index (χ0) is 32.2. The van der Waals surface area contributed by atoms with Gasteiger partial charge in [-0.15, -0.1) is 0 Å². The second-order valence-electron chi connectivity index (χ2n) is 13.5. The van der Waals surface area contributed by atoms with Crippen molar-refractivity contribution in [1.29, 1.82) is 0 Å². The van der Waals surface area contributed by atoms with Crippen molar-refractivity contribution in [1.82, 2.24) is 10.6 Å². The van der Waals surface area contributed by atoms with Crippen molar-refractivity contribution in [3.05, 3.63) is 29.3 Å². The van der Waals surface area contributed by atoms with E-state index in [1.807, 2.05) is 19.1 Å². The molecule has 3 unspecified atom stereocenters. The van der Waals surface area contributed by atoms with Crippen molar-refractivity contribution < 1.29 is 53.6 Å². The molecule has 0 radical (unpaired) electrons. The lowest BCUT2D eigenvalue weighted by atomic mass is 9.53. The monoisotopic (exact) mass is 646 g/mol. The molecule has 0 bridgehead atoms. The maximum absolute atomic E-state index is 13.7. The molecule has 2 saturated carbocycles. The van der Waals surface area contributed by atoms with Gasteiger partial charge in [0.1, 0.15) is 11.4 Å². The number of phenols is 1. The van der Waals surface area contributed by atoms with Gasteiger partial charge in [0, 0.05) is 24.8 Å². The number of nitrogens with one attached hydrogen (secondary N) is 2. The first-order chi connectivity index (χ1) is 19.7. The average Bonchev–Trinajstić information content (AvgIpc) is 3.17. The van der Waals surface area contributed by atoms with Gasteiger partial charge >= 0.3 is 15.2 Å². The smallest absolute Gasteiger partial charge is 0.369 e. The fourth-order valence-electron chi connectivity index (χ4n) is 7.77. The van der Waals surface area contributed by atoms with Crippen LogP contribution in [0.25, 0.3) is 0 Å². The summed E-state index contributed by atoms with van der Waals surface area (Å²) in [6, 6.07) is 5.56. The van der Waals surface area contributed by atoms with Gasteiger partial charge < -0.3 is 45.5 Å². The van der Waals surface area contributed by atoms with Crippen LogP contribution < -0.4 is 10.6 Å². The second-order valence-corrected chi connectivity index (χ2v) is 17.5. The maximum atomic E-state index is 13.7. The molecule has 2 fully saturated rings. The first kappa shape index (κ1) is 34.1. The Morgan fingerprint density at radius 1 is 1.05 bits per heavy atom. The zero-order valence-corrected chi connectivity index (χ0v) is 26.5. The first-order valence-corrected chi connectivity index (χ1v) is 17.8. The molecule has 3 aliphatic carbocycles. The highest BCUT2D eigenvalue weighted by atomic mass is 31.2. The molecule has 1 aromatic rings. The number of carbonyl (C=O) groups excluding carboxylic acids is 2. The molecule has 0 aliphatic heterocycles. The van der Waals surface area contributed by atoms with E-state index in [4.69, 9.17) is 0 Å². The normalized spacial score (nSPS) is 29.3. The Kier molecular flexibility index (Phi) is 9.12. The fraction of sp³-hybridized carbons (Fsp3) is 0.714. The highest BCUT2D eigenvalue weighted by molar-refractivity contribution is 7.72. The summed E-state index contributed by atoms with van der Waals surface area (Å²) >= 11 is 0. The largest absolute Gasteiger partial charge is 0.508 e. The van der Waals surface area contributed by atoms with Gasteiger partial charge in [-0.3, -0.25) is 18.7 Å². The van der Waals surface area contributed by atoms with E-state index in [1.165, 1.54) is 11.1 Å². The lowest BCUT2D eigenvalue weighted by Gasteiger charge is -2.53. The quantitative estimate of drug-likeness (QED) is 0.167. The van der Waals surface area contributed by atoms with Crippen LogP contribution in [-0.4, -0.2) is 69.5 Å². The summed E-state index contributed by atoms with van der Waals surface area (Å²) in [6.45, 7) is 5.30.